The van der Waals surface area contributed by atoms with Gasteiger partial charge in [0.2, 0.25) is 11.8 Å². The molecule has 3 heterocycles. The van der Waals surface area contributed by atoms with Crippen LogP contribution < -0.4 is 0 Å². The van der Waals surface area contributed by atoms with Gasteiger partial charge in [0.25, 0.3) is 0 Å². The molecule has 3 rings (SSSR count). The highest BCUT2D eigenvalue weighted by Gasteiger charge is 2.42. The van der Waals surface area contributed by atoms with E-state index in [9.17, 15) is 9.59 Å². The van der Waals surface area contributed by atoms with Crippen molar-refractivity contribution >= 4 is 11.8 Å². The Balaban J connectivity index is 1.57. The molecule has 7 nitrogen and oxygen atoms in total. The van der Waals surface area contributed by atoms with E-state index < -0.39 is 0 Å². The van der Waals surface area contributed by atoms with E-state index in [0.29, 0.717) is 12.8 Å². The van der Waals surface area contributed by atoms with Gasteiger partial charge in [-0.05, 0) is 32.4 Å². The lowest BCUT2D eigenvalue weighted by Crippen LogP contribution is -2.62. The van der Waals surface area contributed by atoms with Gasteiger partial charge >= 0.3 is 0 Å². The zero-order chi connectivity index (χ0) is 17.9. The van der Waals surface area contributed by atoms with Crippen LogP contribution in [-0.2, 0) is 16.1 Å². The smallest absolute Gasteiger partial charge is 0.222 e. The molecule has 2 aliphatic rings. The highest BCUT2D eigenvalue weighted by molar-refractivity contribution is 5.77. The van der Waals surface area contributed by atoms with Gasteiger partial charge in [0.05, 0.1) is 0 Å². The number of likely N-dealkylation sites (tertiary alicyclic amines) is 1. The first-order valence-corrected chi connectivity index (χ1v) is 9.21. The van der Waals surface area contributed by atoms with E-state index >= 15 is 0 Å². The fraction of sp³-hybridized carbons (Fsp3) is 0.722. The third-order valence-corrected chi connectivity index (χ3v) is 5.83. The quantitative estimate of drug-likeness (QED) is 0.809. The van der Waals surface area contributed by atoms with Crippen LogP contribution in [0.2, 0.25) is 0 Å². The minimum absolute atomic E-state index is 0.0592. The molecule has 1 spiro atoms. The first-order valence-electron chi connectivity index (χ1n) is 9.21. The number of nitrogens with zero attached hydrogens (tertiary/aromatic N) is 5. The van der Waals surface area contributed by atoms with Crippen LogP contribution in [0.5, 0.6) is 0 Å². The van der Waals surface area contributed by atoms with Gasteiger partial charge in [-0.2, -0.15) is 5.10 Å². The van der Waals surface area contributed by atoms with Crippen LogP contribution in [0, 0.1) is 0 Å². The Morgan fingerprint density at radius 1 is 1.24 bits per heavy atom. The summed E-state index contributed by atoms with van der Waals surface area (Å²) in [4.78, 5) is 30.9. The average Bonchev–Trinajstić information content (AvgIpc) is 3.08. The number of carbonyl (C=O) groups is 2. The number of piperazine rings is 1. The fourth-order valence-electron chi connectivity index (χ4n) is 3.95. The second-order valence-electron chi connectivity index (χ2n) is 7.40. The predicted octanol–water partition coefficient (Wildman–Crippen LogP) is 0.818. The van der Waals surface area contributed by atoms with Crippen molar-refractivity contribution in [3.8, 4) is 0 Å². The number of rotatable bonds is 4. The molecule has 2 amide bonds. The summed E-state index contributed by atoms with van der Waals surface area (Å²) in [5.74, 6) is 0.441. The van der Waals surface area contributed by atoms with Crippen molar-refractivity contribution in [3.05, 3.63) is 18.5 Å². The number of aromatic nitrogens is 2. The molecule has 0 radical (unpaired) electrons. The molecule has 0 aromatic carbocycles. The van der Waals surface area contributed by atoms with Crippen LogP contribution in [0.1, 0.15) is 32.1 Å². The Labute approximate surface area is 149 Å². The summed E-state index contributed by atoms with van der Waals surface area (Å²) in [5, 5.41) is 4.18. The van der Waals surface area contributed by atoms with Crippen LogP contribution in [-0.4, -0.2) is 82.1 Å². The van der Waals surface area contributed by atoms with E-state index in [1.165, 1.54) is 0 Å². The third kappa shape index (κ3) is 4.03. The second-order valence-corrected chi connectivity index (χ2v) is 7.40. The molecule has 25 heavy (non-hydrogen) atoms. The van der Waals surface area contributed by atoms with E-state index in [2.05, 4.69) is 17.0 Å². The Morgan fingerprint density at radius 3 is 2.84 bits per heavy atom. The molecule has 1 atom stereocenters. The van der Waals surface area contributed by atoms with Crippen molar-refractivity contribution in [1.29, 1.82) is 0 Å². The van der Waals surface area contributed by atoms with Crippen molar-refractivity contribution in [2.75, 3.05) is 40.3 Å². The van der Waals surface area contributed by atoms with E-state index in [-0.39, 0.29) is 17.4 Å². The zero-order valence-corrected chi connectivity index (χ0v) is 15.4. The van der Waals surface area contributed by atoms with E-state index in [0.717, 1.165) is 52.0 Å². The zero-order valence-electron chi connectivity index (χ0n) is 15.4. The van der Waals surface area contributed by atoms with Crippen molar-refractivity contribution in [2.45, 2.75) is 44.2 Å². The molecule has 138 valence electrons. The number of hydrogen-bond donors (Lipinski definition) is 0. The van der Waals surface area contributed by atoms with Crippen molar-refractivity contribution in [1.82, 2.24) is 24.5 Å². The highest BCUT2D eigenvalue weighted by atomic mass is 16.2. The Hall–Kier alpha value is -1.89. The van der Waals surface area contributed by atoms with Gasteiger partial charge in [0.15, 0.2) is 0 Å². The van der Waals surface area contributed by atoms with Crippen LogP contribution in [0.3, 0.4) is 0 Å². The number of aryl methyl sites for hydroxylation is 1. The van der Waals surface area contributed by atoms with Gasteiger partial charge in [-0.3, -0.25) is 19.2 Å². The maximum atomic E-state index is 12.7. The number of hydrogen-bond acceptors (Lipinski definition) is 4. The summed E-state index contributed by atoms with van der Waals surface area (Å²) in [6.45, 7) is 3.94. The number of amides is 2. The lowest BCUT2D eigenvalue weighted by molar-refractivity contribution is -0.137. The van der Waals surface area contributed by atoms with Gasteiger partial charge in [-0.15, -0.1) is 0 Å². The van der Waals surface area contributed by atoms with Gasteiger partial charge in [0.1, 0.15) is 0 Å². The predicted molar refractivity (Wildman–Crippen MR) is 94.9 cm³/mol. The van der Waals surface area contributed by atoms with Crippen LogP contribution >= 0.6 is 0 Å². The Morgan fingerprint density at radius 2 is 2.08 bits per heavy atom. The van der Waals surface area contributed by atoms with E-state index in [1.54, 1.807) is 6.20 Å². The first-order chi connectivity index (χ1) is 12.0. The summed E-state index contributed by atoms with van der Waals surface area (Å²) in [6.07, 6.45) is 7.39. The van der Waals surface area contributed by atoms with Gasteiger partial charge in [-0.25, -0.2) is 0 Å². The molecule has 2 saturated heterocycles. The molecule has 0 N–H and O–H groups in total. The summed E-state index contributed by atoms with van der Waals surface area (Å²) in [7, 11) is 4.01. The van der Waals surface area contributed by atoms with Gasteiger partial charge in [0, 0.05) is 70.5 Å². The number of likely N-dealkylation sites (N-methyl/N-ethyl adjacent to an activating group) is 1. The monoisotopic (exact) mass is 347 g/mol. The molecule has 2 fully saturated rings. The SMILES string of the molecule is CN1CCC2(CCC1=O)CN(C(=O)CCCn1cccn1)CCN2C. The second kappa shape index (κ2) is 7.56. The van der Waals surface area contributed by atoms with Crippen molar-refractivity contribution in [3.63, 3.8) is 0 Å². The molecule has 0 bridgehead atoms. The maximum Gasteiger partial charge on any atom is 0.222 e. The van der Waals surface area contributed by atoms with Crippen molar-refractivity contribution in [2.24, 2.45) is 0 Å². The molecule has 1 aromatic heterocycles. The van der Waals surface area contributed by atoms with Crippen LogP contribution in [0.25, 0.3) is 0 Å². The lowest BCUT2D eigenvalue weighted by Gasteiger charge is -2.49. The highest BCUT2D eigenvalue weighted by Crippen LogP contribution is 2.32. The molecule has 1 unspecified atom stereocenters. The summed E-state index contributed by atoms with van der Waals surface area (Å²) >= 11 is 0. The molecular weight excluding hydrogens is 318 g/mol. The van der Waals surface area contributed by atoms with Crippen molar-refractivity contribution < 1.29 is 9.59 Å². The summed E-state index contributed by atoms with van der Waals surface area (Å²) in [5.41, 5.74) is -0.0592. The first kappa shape index (κ1) is 17.9. The average molecular weight is 347 g/mol. The standard InChI is InChI=1S/C18H29N5O2/c1-20-12-8-18(7-6-16(20)24)15-22(14-13-21(18)2)17(25)5-3-10-23-11-4-9-19-23/h4,9,11H,3,5-8,10,12-15H2,1-2H3. The fourth-order valence-corrected chi connectivity index (χ4v) is 3.95. The molecule has 0 saturated carbocycles. The molecule has 1 aromatic rings. The van der Waals surface area contributed by atoms with Gasteiger partial charge < -0.3 is 9.80 Å². The maximum absolute atomic E-state index is 12.7. The normalized spacial score (nSPS) is 25.4. The van der Waals surface area contributed by atoms with E-state index in [1.807, 2.05) is 33.8 Å². The van der Waals surface area contributed by atoms with Crippen LogP contribution in [0.4, 0.5) is 0 Å². The van der Waals surface area contributed by atoms with E-state index in [4.69, 9.17) is 0 Å². The molecule has 0 aliphatic carbocycles. The third-order valence-electron chi connectivity index (χ3n) is 5.83. The largest absolute Gasteiger partial charge is 0.346 e. The Bertz CT molecular complexity index is 603. The summed E-state index contributed by atoms with van der Waals surface area (Å²) < 4.78 is 1.87. The molecular formula is C18H29N5O2. The summed E-state index contributed by atoms with van der Waals surface area (Å²) in [6, 6.07) is 1.90. The van der Waals surface area contributed by atoms with Gasteiger partial charge in [-0.1, -0.05) is 0 Å². The van der Waals surface area contributed by atoms with Crippen LogP contribution in [0.15, 0.2) is 18.5 Å². The minimum Gasteiger partial charge on any atom is -0.346 e. The molecule has 7 heteroatoms. The number of carbonyl (C=O) groups excluding carboxylic acids is 2. The molecule has 2 aliphatic heterocycles. The lowest BCUT2D eigenvalue weighted by atomic mass is 9.86. The topological polar surface area (TPSA) is 61.7 Å². The minimum atomic E-state index is -0.0592. The Kier molecular flexibility index (Phi) is 5.42.